The van der Waals surface area contributed by atoms with E-state index >= 15 is 0 Å². The highest BCUT2D eigenvalue weighted by Crippen LogP contribution is 2.30. The Morgan fingerprint density at radius 3 is 2.61 bits per heavy atom. The summed E-state index contributed by atoms with van der Waals surface area (Å²) in [5, 5.41) is 10.3. The number of aryl methyl sites for hydroxylation is 2. The zero-order chi connectivity index (χ0) is 13.0. The molecule has 0 spiro atoms. The van der Waals surface area contributed by atoms with Crippen molar-refractivity contribution < 1.29 is 0 Å². The zero-order valence-electron chi connectivity index (χ0n) is 10.8. The summed E-state index contributed by atoms with van der Waals surface area (Å²) in [5.41, 5.74) is 8.04. The lowest BCUT2D eigenvalue weighted by Crippen LogP contribution is -2.21. The number of rotatable bonds is 5. The highest BCUT2D eigenvalue weighted by atomic mass is 32.1. The largest absolute Gasteiger partial charge is 0.330 e. The highest BCUT2D eigenvalue weighted by molar-refractivity contribution is 7.15. The summed E-state index contributed by atoms with van der Waals surface area (Å²) in [7, 11) is 0. The molecule has 0 saturated heterocycles. The minimum atomic E-state index is 0.681. The maximum atomic E-state index is 5.62. The van der Waals surface area contributed by atoms with Crippen LogP contribution < -0.4 is 10.6 Å². The predicted octanol–water partition coefficient (Wildman–Crippen LogP) is 2.64. The van der Waals surface area contributed by atoms with Crippen molar-refractivity contribution in [2.24, 2.45) is 5.73 Å². The van der Waals surface area contributed by atoms with Crippen LogP contribution in [0.15, 0.2) is 24.3 Å². The molecule has 0 amide bonds. The van der Waals surface area contributed by atoms with E-state index in [0.29, 0.717) is 6.54 Å². The van der Waals surface area contributed by atoms with Gasteiger partial charge in [-0.2, -0.15) is 0 Å². The van der Waals surface area contributed by atoms with Crippen LogP contribution in [0, 0.1) is 13.8 Å². The number of nitrogens with two attached hydrogens (primary N) is 1. The molecule has 0 fully saturated rings. The van der Waals surface area contributed by atoms with Crippen LogP contribution in [0.4, 0.5) is 10.8 Å². The molecule has 0 bridgehead atoms. The van der Waals surface area contributed by atoms with Crippen LogP contribution in [0.25, 0.3) is 0 Å². The second kappa shape index (κ2) is 5.93. The number of para-hydroxylation sites is 1. The van der Waals surface area contributed by atoms with E-state index in [1.807, 2.05) is 19.1 Å². The number of benzene rings is 1. The van der Waals surface area contributed by atoms with Crippen molar-refractivity contribution in [2.75, 3.05) is 18.0 Å². The maximum Gasteiger partial charge on any atom is 0.212 e. The molecule has 0 atom stereocenters. The third kappa shape index (κ3) is 2.86. The van der Waals surface area contributed by atoms with Crippen molar-refractivity contribution in [3.8, 4) is 0 Å². The first kappa shape index (κ1) is 13.0. The molecule has 5 heteroatoms. The highest BCUT2D eigenvalue weighted by Gasteiger charge is 2.14. The lowest BCUT2D eigenvalue weighted by molar-refractivity contribution is 0.808. The molecule has 0 aliphatic carbocycles. The summed E-state index contributed by atoms with van der Waals surface area (Å²) in [6.07, 6.45) is 0.937. The van der Waals surface area contributed by atoms with Crippen molar-refractivity contribution in [1.82, 2.24) is 10.2 Å². The van der Waals surface area contributed by atoms with Gasteiger partial charge in [0.25, 0.3) is 0 Å². The van der Waals surface area contributed by atoms with Gasteiger partial charge in [-0.25, -0.2) is 0 Å². The van der Waals surface area contributed by atoms with Gasteiger partial charge in [-0.15, -0.1) is 10.2 Å². The lowest BCUT2D eigenvalue weighted by Gasteiger charge is -2.23. The summed E-state index contributed by atoms with van der Waals surface area (Å²) in [4.78, 5) is 2.20. The SMILES string of the molecule is Cc1nnc(N(CCCN)c2ccccc2C)s1. The molecule has 0 unspecified atom stereocenters. The summed E-state index contributed by atoms with van der Waals surface area (Å²) < 4.78 is 0. The summed E-state index contributed by atoms with van der Waals surface area (Å²) in [6, 6.07) is 8.32. The van der Waals surface area contributed by atoms with Gasteiger partial charge in [-0.3, -0.25) is 0 Å². The van der Waals surface area contributed by atoms with Gasteiger partial charge in [0.05, 0.1) is 0 Å². The molecular weight excluding hydrogens is 244 g/mol. The number of hydrogen-bond acceptors (Lipinski definition) is 5. The third-order valence-corrected chi connectivity index (χ3v) is 3.60. The first-order valence-electron chi connectivity index (χ1n) is 6.05. The smallest absolute Gasteiger partial charge is 0.212 e. The standard InChI is InChI=1S/C13H18N4S/c1-10-6-3-4-7-12(10)17(9-5-8-14)13-16-15-11(2)18-13/h3-4,6-7H,5,8-9,14H2,1-2H3. The van der Waals surface area contributed by atoms with E-state index in [1.165, 1.54) is 11.3 Å². The quantitative estimate of drug-likeness (QED) is 0.900. The second-order valence-corrected chi connectivity index (χ2v) is 5.34. The van der Waals surface area contributed by atoms with E-state index in [-0.39, 0.29) is 0 Å². The molecule has 2 rings (SSSR count). The van der Waals surface area contributed by atoms with Crippen LogP contribution in [-0.2, 0) is 0 Å². The van der Waals surface area contributed by atoms with Crippen molar-refractivity contribution in [1.29, 1.82) is 0 Å². The van der Waals surface area contributed by atoms with Crippen molar-refractivity contribution in [3.05, 3.63) is 34.8 Å². The van der Waals surface area contributed by atoms with Crippen molar-refractivity contribution in [2.45, 2.75) is 20.3 Å². The molecule has 18 heavy (non-hydrogen) atoms. The Balaban J connectivity index is 2.33. The first-order valence-corrected chi connectivity index (χ1v) is 6.87. The van der Waals surface area contributed by atoms with Gasteiger partial charge >= 0.3 is 0 Å². The van der Waals surface area contributed by atoms with Crippen LogP contribution in [-0.4, -0.2) is 23.3 Å². The fourth-order valence-electron chi connectivity index (χ4n) is 1.83. The lowest BCUT2D eigenvalue weighted by atomic mass is 10.2. The summed E-state index contributed by atoms with van der Waals surface area (Å²) in [5.74, 6) is 0. The molecule has 2 N–H and O–H groups in total. The normalized spacial score (nSPS) is 10.6. The molecule has 0 aliphatic heterocycles. The Kier molecular flexibility index (Phi) is 4.28. The molecule has 96 valence electrons. The topological polar surface area (TPSA) is 55.0 Å². The Morgan fingerprint density at radius 2 is 2.00 bits per heavy atom. The van der Waals surface area contributed by atoms with Gasteiger partial charge in [0.1, 0.15) is 5.01 Å². The molecule has 2 aromatic rings. The number of anilines is 2. The molecule has 1 aromatic heterocycles. The molecule has 4 nitrogen and oxygen atoms in total. The van der Waals surface area contributed by atoms with E-state index in [1.54, 1.807) is 11.3 Å². The Morgan fingerprint density at radius 1 is 1.22 bits per heavy atom. The van der Waals surface area contributed by atoms with E-state index in [2.05, 4.69) is 34.2 Å². The monoisotopic (exact) mass is 262 g/mol. The average molecular weight is 262 g/mol. The van der Waals surface area contributed by atoms with E-state index in [9.17, 15) is 0 Å². The van der Waals surface area contributed by atoms with Crippen LogP contribution in [0.5, 0.6) is 0 Å². The van der Waals surface area contributed by atoms with Crippen LogP contribution >= 0.6 is 11.3 Å². The molecule has 0 radical (unpaired) electrons. The van der Waals surface area contributed by atoms with E-state index in [4.69, 9.17) is 5.73 Å². The molecule has 0 aliphatic rings. The van der Waals surface area contributed by atoms with Crippen molar-refractivity contribution >= 4 is 22.2 Å². The Bertz CT molecular complexity index is 509. The predicted molar refractivity (Wildman–Crippen MR) is 76.5 cm³/mol. The average Bonchev–Trinajstić information content (AvgIpc) is 2.78. The van der Waals surface area contributed by atoms with E-state index < -0.39 is 0 Å². The van der Waals surface area contributed by atoms with Crippen LogP contribution in [0.3, 0.4) is 0 Å². The van der Waals surface area contributed by atoms with Gasteiger partial charge < -0.3 is 10.6 Å². The number of nitrogens with zero attached hydrogens (tertiary/aromatic N) is 3. The Labute approximate surface area is 111 Å². The number of hydrogen-bond donors (Lipinski definition) is 1. The van der Waals surface area contributed by atoms with Gasteiger partial charge in [-0.1, -0.05) is 29.5 Å². The summed E-state index contributed by atoms with van der Waals surface area (Å²) >= 11 is 1.61. The fourth-order valence-corrected chi connectivity index (χ4v) is 2.56. The van der Waals surface area contributed by atoms with E-state index in [0.717, 1.165) is 23.1 Å². The molecule has 0 saturated carbocycles. The van der Waals surface area contributed by atoms with Crippen molar-refractivity contribution in [3.63, 3.8) is 0 Å². The fraction of sp³-hybridized carbons (Fsp3) is 0.385. The zero-order valence-corrected chi connectivity index (χ0v) is 11.6. The maximum absolute atomic E-state index is 5.62. The third-order valence-electron chi connectivity index (χ3n) is 2.74. The van der Waals surface area contributed by atoms with Gasteiger partial charge in [-0.05, 0) is 38.4 Å². The van der Waals surface area contributed by atoms with Crippen LogP contribution in [0.1, 0.15) is 17.0 Å². The van der Waals surface area contributed by atoms with Gasteiger partial charge in [0.2, 0.25) is 5.13 Å². The summed E-state index contributed by atoms with van der Waals surface area (Å²) in [6.45, 7) is 5.63. The number of aromatic nitrogens is 2. The second-order valence-electron chi connectivity index (χ2n) is 4.18. The molecular formula is C13H18N4S. The molecule has 1 aromatic carbocycles. The Hall–Kier alpha value is -1.46. The molecule has 1 heterocycles. The minimum absolute atomic E-state index is 0.681. The first-order chi connectivity index (χ1) is 8.72. The van der Waals surface area contributed by atoms with Crippen LogP contribution in [0.2, 0.25) is 0 Å². The van der Waals surface area contributed by atoms with Gasteiger partial charge in [0.15, 0.2) is 0 Å². The minimum Gasteiger partial charge on any atom is -0.330 e. The van der Waals surface area contributed by atoms with Gasteiger partial charge in [0, 0.05) is 12.2 Å².